The molecule has 3 heteroatoms. The van der Waals surface area contributed by atoms with E-state index in [1.165, 1.54) is 43.8 Å². The highest BCUT2D eigenvalue weighted by molar-refractivity contribution is 6.27. The molecule has 1 aliphatic rings. The maximum atomic E-state index is 5.51. The number of fused-ring (bicyclic) bond motifs is 5. The summed E-state index contributed by atoms with van der Waals surface area (Å²) in [7, 11) is 0. The summed E-state index contributed by atoms with van der Waals surface area (Å²) in [5, 5.41) is 7.37. The van der Waals surface area contributed by atoms with Crippen molar-refractivity contribution in [1.29, 1.82) is 0 Å². The molecule has 9 aromatic rings. The zero-order valence-electron chi connectivity index (χ0n) is 23.1. The summed E-state index contributed by atoms with van der Waals surface area (Å²) >= 11 is 0. The third kappa shape index (κ3) is 3.03. The summed E-state index contributed by atoms with van der Waals surface area (Å²) in [6.45, 7) is 0. The van der Waals surface area contributed by atoms with E-state index in [0.29, 0.717) is 0 Å². The molecule has 0 N–H and O–H groups in total. The van der Waals surface area contributed by atoms with Crippen LogP contribution in [0.25, 0.3) is 93.7 Å². The minimum atomic E-state index is 0.844. The normalized spacial score (nSPS) is 12.2. The molecule has 0 saturated carbocycles. The van der Waals surface area contributed by atoms with Gasteiger partial charge in [-0.25, -0.2) is 9.97 Å². The smallest absolute Gasteiger partial charge is 0.165 e. The first kappa shape index (κ1) is 22.8. The second kappa shape index (κ2) is 8.37. The van der Waals surface area contributed by atoms with E-state index in [1.54, 1.807) is 0 Å². The molecule has 0 spiro atoms. The Bertz CT molecular complexity index is 2520. The molecule has 0 unspecified atom stereocenters. The molecule has 0 radical (unpaired) electrons. The van der Waals surface area contributed by atoms with Crippen molar-refractivity contribution in [3.63, 3.8) is 0 Å². The van der Waals surface area contributed by atoms with Gasteiger partial charge in [0.1, 0.15) is 5.69 Å². The van der Waals surface area contributed by atoms with Gasteiger partial charge in [0.2, 0.25) is 0 Å². The molecule has 2 aromatic heterocycles. The first-order valence-electron chi connectivity index (χ1n) is 14.7. The molecule has 0 amide bonds. The van der Waals surface area contributed by atoms with E-state index in [-0.39, 0.29) is 0 Å². The van der Waals surface area contributed by atoms with Gasteiger partial charge in [0.05, 0.1) is 22.1 Å². The average molecular weight is 546 g/mol. The lowest BCUT2D eigenvalue weighted by Gasteiger charge is -2.16. The lowest BCUT2D eigenvalue weighted by molar-refractivity contribution is 1.08. The lowest BCUT2D eigenvalue weighted by Crippen LogP contribution is -2.04. The van der Waals surface area contributed by atoms with Crippen molar-refractivity contribution in [2.75, 3.05) is 0 Å². The Morgan fingerprint density at radius 2 is 1.00 bits per heavy atom. The predicted molar refractivity (Wildman–Crippen MR) is 179 cm³/mol. The van der Waals surface area contributed by atoms with Crippen LogP contribution >= 0.6 is 0 Å². The molecule has 0 fully saturated rings. The van der Waals surface area contributed by atoms with Crippen LogP contribution in [0, 0.1) is 0 Å². The van der Waals surface area contributed by atoms with Gasteiger partial charge in [0, 0.05) is 21.7 Å². The molecule has 3 nitrogen and oxygen atoms in total. The zero-order chi connectivity index (χ0) is 28.1. The molecule has 7 aromatic carbocycles. The summed E-state index contributed by atoms with van der Waals surface area (Å²) in [6, 6.07) is 49.9. The van der Waals surface area contributed by atoms with Gasteiger partial charge in [-0.3, -0.25) is 4.57 Å². The molecule has 43 heavy (non-hydrogen) atoms. The van der Waals surface area contributed by atoms with Gasteiger partial charge < -0.3 is 0 Å². The number of rotatable bonds is 2. The first-order valence-corrected chi connectivity index (χ1v) is 14.7. The standard InChI is InChI=1S/C40H23N3/c1-2-11-26(12-3-1)38-40(42-39-27-15-5-4-10-24(27)22-23-32(39)41-38)43-33-20-8-18-30-28-16-6-13-25-14-7-17-29(35(25)28)31-19-9-21-34(43)37(31)36(30)33/h1-23H. The summed E-state index contributed by atoms with van der Waals surface area (Å²) in [6.07, 6.45) is 0. The molecule has 1 aliphatic carbocycles. The number of nitrogens with zero attached hydrogens (tertiary/aromatic N) is 3. The zero-order valence-corrected chi connectivity index (χ0v) is 23.1. The molecular formula is C40H23N3. The van der Waals surface area contributed by atoms with Crippen LogP contribution in [0.15, 0.2) is 140 Å². The van der Waals surface area contributed by atoms with Crippen LogP contribution in [-0.2, 0) is 0 Å². The SMILES string of the molecule is c1ccc(-c2nc3ccc4ccccc4c3nc2-n2c3cccc4c3c3c(cccc32)-c2cccc3cccc-4c23)cc1. The van der Waals surface area contributed by atoms with Crippen molar-refractivity contribution in [3.8, 4) is 39.3 Å². The van der Waals surface area contributed by atoms with Crippen LogP contribution in [-0.4, -0.2) is 14.5 Å². The van der Waals surface area contributed by atoms with Crippen molar-refractivity contribution in [2.24, 2.45) is 0 Å². The Morgan fingerprint density at radius 3 is 1.70 bits per heavy atom. The Labute approximate surface area is 247 Å². The van der Waals surface area contributed by atoms with Crippen LogP contribution in [0.2, 0.25) is 0 Å². The number of hydrogen-bond acceptors (Lipinski definition) is 2. The van der Waals surface area contributed by atoms with E-state index in [1.807, 2.05) is 6.07 Å². The van der Waals surface area contributed by atoms with Gasteiger partial charge in [-0.1, -0.05) is 121 Å². The fourth-order valence-corrected chi connectivity index (χ4v) is 7.30. The van der Waals surface area contributed by atoms with E-state index in [9.17, 15) is 0 Å². The molecular weight excluding hydrogens is 522 g/mol. The lowest BCUT2D eigenvalue weighted by atomic mass is 9.93. The highest BCUT2D eigenvalue weighted by Crippen LogP contribution is 2.49. The molecule has 2 heterocycles. The van der Waals surface area contributed by atoms with Crippen LogP contribution < -0.4 is 0 Å². The van der Waals surface area contributed by atoms with Gasteiger partial charge in [-0.15, -0.1) is 0 Å². The Hall–Kier alpha value is -5.80. The molecule has 10 rings (SSSR count). The minimum Gasteiger partial charge on any atom is -0.292 e. The summed E-state index contributed by atoms with van der Waals surface area (Å²) < 4.78 is 2.35. The summed E-state index contributed by atoms with van der Waals surface area (Å²) in [5.74, 6) is 0.844. The monoisotopic (exact) mass is 545 g/mol. The highest BCUT2D eigenvalue weighted by atomic mass is 15.1. The van der Waals surface area contributed by atoms with Crippen LogP contribution in [0.3, 0.4) is 0 Å². The third-order valence-corrected chi connectivity index (χ3v) is 9.10. The van der Waals surface area contributed by atoms with Gasteiger partial charge in [0.15, 0.2) is 5.82 Å². The number of benzene rings is 7. The van der Waals surface area contributed by atoms with Gasteiger partial charge in [-0.2, -0.15) is 0 Å². The third-order valence-electron chi connectivity index (χ3n) is 9.10. The molecule has 0 atom stereocenters. The Balaban J connectivity index is 1.42. The largest absolute Gasteiger partial charge is 0.292 e. The second-order valence-corrected chi connectivity index (χ2v) is 11.4. The quantitative estimate of drug-likeness (QED) is 0.202. The number of hydrogen-bond donors (Lipinski definition) is 0. The molecule has 0 aliphatic heterocycles. The van der Waals surface area contributed by atoms with E-state index in [0.717, 1.165) is 49.9 Å². The summed E-state index contributed by atoms with van der Waals surface area (Å²) in [5.41, 5.74) is 11.0. The van der Waals surface area contributed by atoms with Crippen LogP contribution in [0.5, 0.6) is 0 Å². The predicted octanol–water partition coefficient (Wildman–Crippen LogP) is 10.3. The van der Waals surface area contributed by atoms with Crippen LogP contribution in [0.4, 0.5) is 0 Å². The van der Waals surface area contributed by atoms with E-state index < -0.39 is 0 Å². The minimum absolute atomic E-state index is 0.844. The van der Waals surface area contributed by atoms with Gasteiger partial charge >= 0.3 is 0 Å². The van der Waals surface area contributed by atoms with E-state index in [2.05, 4.69) is 138 Å². The Morgan fingerprint density at radius 1 is 0.419 bits per heavy atom. The number of aromatic nitrogens is 3. The van der Waals surface area contributed by atoms with Crippen molar-refractivity contribution in [2.45, 2.75) is 0 Å². The van der Waals surface area contributed by atoms with Crippen LogP contribution in [0.1, 0.15) is 0 Å². The summed E-state index contributed by atoms with van der Waals surface area (Å²) in [4.78, 5) is 10.8. The fourth-order valence-electron chi connectivity index (χ4n) is 7.30. The topological polar surface area (TPSA) is 30.7 Å². The molecule has 0 bridgehead atoms. The van der Waals surface area contributed by atoms with Crippen molar-refractivity contribution >= 4 is 54.4 Å². The van der Waals surface area contributed by atoms with Gasteiger partial charge in [-0.05, 0) is 56.6 Å². The van der Waals surface area contributed by atoms with Crippen molar-refractivity contribution in [1.82, 2.24) is 14.5 Å². The highest BCUT2D eigenvalue weighted by Gasteiger charge is 2.26. The molecule has 198 valence electrons. The van der Waals surface area contributed by atoms with E-state index >= 15 is 0 Å². The van der Waals surface area contributed by atoms with Gasteiger partial charge in [0.25, 0.3) is 0 Å². The Kier molecular flexibility index (Phi) is 4.45. The second-order valence-electron chi connectivity index (χ2n) is 11.4. The fraction of sp³-hybridized carbons (Fsp3) is 0. The van der Waals surface area contributed by atoms with Crippen molar-refractivity contribution < 1.29 is 0 Å². The first-order chi connectivity index (χ1) is 21.3. The van der Waals surface area contributed by atoms with E-state index in [4.69, 9.17) is 9.97 Å². The van der Waals surface area contributed by atoms with Crippen molar-refractivity contribution in [3.05, 3.63) is 140 Å². The molecule has 0 saturated heterocycles. The maximum Gasteiger partial charge on any atom is 0.165 e. The average Bonchev–Trinajstić information content (AvgIpc) is 3.36. The maximum absolute atomic E-state index is 5.51.